The molecule has 1 saturated carbocycles. The summed E-state index contributed by atoms with van der Waals surface area (Å²) in [6, 6.07) is 6.73. The van der Waals surface area contributed by atoms with Gasteiger partial charge in [0.25, 0.3) is 5.91 Å². The summed E-state index contributed by atoms with van der Waals surface area (Å²) in [7, 11) is 0. The van der Waals surface area contributed by atoms with Crippen LogP contribution in [0.2, 0.25) is 0 Å². The van der Waals surface area contributed by atoms with Gasteiger partial charge in [0.05, 0.1) is 0 Å². The van der Waals surface area contributed by atoms with Crippen LogP contribution in [-0.2, 0) is 4.79 Å². The molecule has 1 aliphatic carbocycles. The van der Waals surface area contributed by atoms with E-state index in [-0.39, 0.29) is 11.8 Å². The van der Waals surface area contributed by atoms with E-state index in [1.165, 1.54) is 13.3 Å². The van der Waals surface area contributed by atoms with E-state index in [0.717, 1.165) is 31.4 Å². The van der Waals surface area contributed by atoms with Crippen LogP contribution in [0.5, 0.6) is 0 Å². The molecule has 1 aliphatic rings. The zero-order valence-electron chi connectivity index (χ0n) is 11.6. The van der Waals surface area contributed by atoms with Crippen LogP contribution in [0, 0.1) is 0 Å². The summed E-state index contributed by atoms with van der Waals surface area (Å²) in [6.07, 6.45) is 5.50. The van der Waals surface area contributed by atoms with Crippen LogP contribution in [-0.4, -0.2) is 17.5 Å². The SMILES string of the molecule is CC(=O)Nc1ccc(C(=O)NN=C2CCCCC2)cc1. The molecule has 0 bridgehead atoms. The second-order valence-electron chi connectivity index (χ2n) is 4.94. The maximum Gasteiger partial charge on any atom is 0.271 e. The standard InChI is InChI=1S/C15H19N3O2/c1-11(19)16-13-9-7-12(8-10-13)15(20)18-17-14-5-3-2-4-6-14/h7-10H,2-6H2,1H3,(H,16,19)(H,18,20). The van der Waals surface area contributed by atoms with Crippen molar-refractivity contribution in [2.75, 3.05) is 5.32 Å². The number of hydrogen-bond acceptors (Lipinski definition) is 3. The van der Waals surface area contributed by atoms with Gasteiger partial charge < -0.3 is 5.32 Å². The quantitative estimate of drug-likeness (QED) is 0.831. The molecule has 2 rings (SSSR count). The van der Waals surface area contributed by atoms with E-state index in [1.54, 1.807) is 24.3 Å². The molecule has 0 radical (unpaired) electrons. The molecule has 0 aliphatic heterocycles. The van der Waals surface area contributed by atoms with Gasteiger partial charge in [0.2, 0.25) is 5.91 Å². The van der Waals surface area contributed by atoms with E-state index in [4.69, 9.17) is 0 Å². The van der Waals surface area contributed by atoms with Crippen LogP contribution in [0.25, 0.3) is 0 Å². The van der Waals surface area contributed by atoms with E-state index in [1.807, 2.05) is 0 Å². The first-order chi connectivity index (χ1) is 9.65. The van der Waals surface area contributed by atoms with Crippen LogP contribution in [0.3, 0.4) is 0 Å². The molecule has 0 spiro atoms. The van der Waals surface area contributed by atoms with E-state index >= 15 is 0 Å². The summed E-state index contributed by atoms with van der Waals surface area (Å²) in [6.45, 7) is 1.45. The lowest BCUT2D eigenvalue weighted by atomic mass is 9.99. The molecule has 0 saturated heterocycles. The van der Waals surface area contributed by atoms with Crippen molar-refractivity contribution in [2.45, 2.75) is 39.0 Å². The van der Waals surface area contributed by atoms with Crippen molar-refractivity contribution in [2.24, 2.45) is 5.10 Å². The predicted octanol–water partition coefficient (Wildman–Crippen LogP) is 2.69. The lowest BCUT2D eigenvalue weighted by Gasteiger charge is -2.12. The summed E-state index contributed by atoms with van der Waals surface area (Å²) in [5.74, 6) is -0.358. The van der Waals surface area contributed by atoms with Gasteiger partial charge in [0, 0.05) is 23.9 Å². The first-order valence-electron chi connectivity index (χ1n) is 6.88. The topological polar surface area (TPSA) is 70.6 Å². The Bertz CT molecular complexity index is 512. The van der Waals surface area contributed by atoms with Crippen molar-refractivity contribution in [1.82, 2.24) is 5.43 Å². The van der Waals surface area contributed by atoms with Gasteiger partial charge in [-0.15, -0.1) is 0 Å². The van der Waals surface area contributed by atoms with Crippen LogP contribution < -0.4 is 10.7 Å². The highest BCUT2D eigenvalue weighted by atomic mass is 16.2. The fourth-order valence-electron chi connectivity index (χ4n) is 2.17. The zero-order chi connectivity index (χ0) is 14.4. The third-order valence-corrected chi connectivity index (χ3v) is 3.21. The van der Waals surface area contributed by atoms with Crippen molar-refractivity contribution in [3.05, 3.63) is 29.8 Å². The van der Waals surface area contributed by atoms with Gasteiger partial charge in [-0.3, -0.25) is 9.59 Å². The Labute approximate surface area is 118 Å². The summed E-state index contributed by atoms with van der Waals surface area (Å²) >= 11 is 0. The second kappa shape index (κ2) is 6.84. The van der Waals surface area contributed by atoms with Crippen LogP contribution in [0.1, 0.15) is 49.4 Å². The number of carbonyl (C=O) groups excluding carboxylic acids is 2. The van der Waals surface area contributed by atoms with E-state index in [2.05, 4.69) is 15.8 Å². The van der Waals surface area contributed by atoms with Gasteiger partial charge in [-0.1, -0.05) is 6.42 Å². The van der Waals surface area contributed by atoms with Gasteiger partial charge in [0.1, 0.15) is 0 Å². The predicted molar refractivity (Wildman–Crippen MR) is 78.7 cm³/mol. The van der Waals surface area contributed by atoms with Gasteiger partial charge >= 0.3 is 0 Å². The number of amides is 2. The number of benzene rings is 1. The monoisotopic (exact) mass is 273 g/mol. The molecule has 5 nitrogen and oxygen atoms in total. The first-order valence-corrected chi connectivity index (χ1v) is 6.88. The molecule has 0 aromatic heterocycles. The minimum atomic E-state index is -0.225. The average Bonchev–Trinajstić information content (AvgIpc) is 2.46. The molecular weight excluding hydrogens is 254 g/mol. The van der Waals surface area contributed by atoms with Crippen LogP contribution >= 0.6 is 0 Å². The molecule has 106 valence electrons. The fourth-order valence-corrected chi connectivity index (χ4v) is 2.17. The molecule has 1 aromatic carbocycles. The lowest BCUT2D eigenvalue weighted by molar-refractivity contribution is -0.114. The molecule has 20 heavy (non-hydrogen) atoms. The summed E-state index contributed by atoms with van der Waals surface area (Å²) in [5, 5.41) is 6.83. The summed E-state index contributed by atoms with van der Waals surface area (Å²) < 4.78 is 0. The average molecular weight is 273 g/mol. The number of nitrogens with zero attached hydrogens (tertiary/aromatic N) is 1. The molecule has 2 amide bonds. The Morgan fingerprint density at radius 3 is 2.30 bits per heavy atom. The highest BCUT2D eigenvalue weighted by molar-refractivity contribution is 5.96. The molecule has 2 N–H and O–H groups in total. The van der Waals surface area contributed by atoms with Gasteiger partial charge in [-0.2, -0.15) is 5.10 Å². The Kier molecular flexibility index (Phi) is 4.87. The Hall–Kier alpha value is -2.17. The molecule has 0 heterocycles. The van der Waals surface area contributed by atoms with Crippen molar-refractivity contribution < 1.29 is 9.59 Å². The summed E-state index contributed by atoms with van der Waals surface area (Å²) in [5.41, 5.74) is 4.86. The van der Waals surface area contributed by atoms with E-state index in [9.17, 15) is 9.59 Å². The van der Waals surface area contributed by atoms with Gasteiger partial charge in [-0.05, 0) is 49.9 Å². The van der Waals surface area contributed by atoms with Gasteiger partial charge in [-0.25, -0.2) is 5.43 Å². The highest BCUT2D eigenvalue weighted by Gasteiger charge is 2.09. The van der Waals surface area contributed by atoms with Crippen LogP contribution in [0.4, 0.5) is 5.69 Å². The first kappa shape index (κ1) is 14.2. The molecular formula is C15H19N3O2. The number of rotatable bonds is 3. The van der Waals surface area contributed by atoms with Crippen molar-refractivity contribution in [1.29, 1.82) is 0 Å². The fraction of sp³-hybridized carbons (Fsp3) is 0.400. The zero-order valence-corrected chi connectivity index (χ0v) is 11.6. The number of hydrogen-bond donors (Lipinski definition) is 2. The molecule has 1 fully saturated rings. The molecule has 5 heteroatoms. The minimum Gasteiger partial charge on any atom is -0.326 e. The lowest BCUT2D eigenvalue weighted by Crippen LogP contribution is -2.20. The maximum absolute atomic E-state index is 11.9. The normalized spacial score (nSPS) is 14.6. The van der Waals surface area contributed by atoms with Crippen molar-refractivity contribution in [3.63, 3.8) is 0 Å². The number of hydrazone groups is 1. The number of nitrogens with one attached hydrogen (secondary N) is 2. The molecule has 0 unspecified atom stereocenters. The maximum atomic E-state index is 11.9. The molecule has 0 atom stereocenters. The van der Waals surface area contributed by atoms with Gasteiger partial charge in [0.15, 0.2) is 0 Å². The third-order valence-electron chi connectivity index (χ3n) is 3.21. The Morgan fingerprint density at radius 2 is 1.70 bits per heavy atom. The number of anilines is 1. The smallest absolute Gasteiger partial charge is 0.271 e. The number of carbonyl (C=O) groups is 2. The molecule has 1 aromatic rings. The van der Waals surface area contributed by atoms with Crippen LogP contribution in [0.15, 0.2) is 29.4 Å². The second-order valence-corrected chi connectivity index (χ2v) is 4.94. The Balaban J connectivity index is 1.93. The third kappa shape index (κ3) is 4.19. The van der Waals surface area contributed by atoms with E-state index < -0.39 is 0 Å². The summed E-state index contributed by atoms with van der Waals surface area (Å²) in [4.78, 5) is 22.8. The highest BCUT2D eigenvalue weighted by Crippen LogP contribution is 2.14. The largest absolute Gasteiger partial charge is 0.326 e. The van der Waals surface area contributed by atoms with E-state index in [0.29, 0.717) is 11.3 Å². The van der Waals surface area contributed by atoms with Crippen molar-refractivity contribution in [3.8, 4) is 0 Å². The minimum absolute atomic E-state index is 0.133. The van der Waals surface area contributed by atoms with Crippen molar-refractivity contribution >= 4 is 23.2 Å². The Morgan fingerprint density at radius 1 is 1.05 bits per heavy atom.